The highest BCUT2D eigenvalue weighted by Gasteiger charge is 2.65. The van der Waals surface area contributed by atoms with E-state index in [1.165, 1.54) is 31.2 Å². The van der Waals surface area contributed by atoms with Crippen molar-refractivity contribution in [1.82, 2.24) is 5.32 Å². The number of aliphatic imine (C=N–C) groups is 1. The van der Waals surface area contributed by atoms with Gasteiger partial charge in [0.15, 0.2) is 5.96 Å². The standard InChI is InChI=1S/C20H29N3O2/c1-24-15-6-4-14(5-7-15)8-12-22-19(21)23-17-16-9-13-25-18(16)20(17)10-2-3-11-20/h4-7,16-18H,2-3,8-13H2,1H3,(H3,21,22,23). The van der Waals surface area contributed by atoms with Crippen LogP contribution in [0.3, 0.4) is 0 Å². The third kappa shape index (κ3) is 2.99. The van der Waals surface area contributed by atoms with Gasteiger partial charge in [-0.3, -0.25) is 4.99 Å². The molecule has 0 amide bonds. The maximum absolute atomic E-state index is 6.21. The van der Waals surface area contributed by atoms with Gasteiger partial charge in [-0.2, -0.15) is 0 Å². The molecule has 3 unspecified atom stereocenters. The normalized spacial score (nSPS) is 30.1. The van der Waals surface area contributed by atoms with Crippen molar-refractivity contribution in [2.24, 2.45) is 22.1 Å². The van der Waals surface area contributed by atoms with Gasteiger partial charge in [-0.05, 0) is 43.4 Å². The minimum absolute atomic E-state index is 0.317. The van der Waals surface area contributed by atoms with Crippen LogP contribution in [0.25, 0.3) is 0 Å². The van der Waals surface area contributed by atoms with Crippen molar-refractivity contribution >= 4 is 5.96 Å². The third-order valence-corrected chi connectivity index (χ3v) is 6.43. The maximum atomic E-state index is 6.21. The summed E-state index contributed by atoms with van der Waals surface area (Å²) in [6.07, 6.45) is 7.68. The predicted octanol–water partition coefficient (Wildman–Crippen LogP) is 2.49. The van der Waals surface area contributed by atoms with Gasteiger partial charge in [0, 0.05) is 30.5 Å². The van der Waals surface area contributed by atoms with Gasteiger partial charge in [0.1, 0.15) is 5.75 Å². The second-order valence-corrected chi connectivity index (χ2v) is 7.67. The fraction of sp³-hybridized carbons (Fsp3) is 0.650. The first-order valence-electron chi connectivity index (χ1n) is 9.54. The Morgan fingerprint density at radius 2 is 2.08 bits per heavy atom. The number of nitrogens with zero attached hydrogens (tertiary/aromatic N) is 1. The van der Waals surface area contributed by atoms with E-state index in [4.69, 9.17) is 15.2 Å². The van der Waals surface area contributed by atoms with E-state index in [0.29, 0.717) is 36.0 Å². The van der Waals surface area contributed by atoms with Crippen LogP contribution in [0.1, 0.15) is 37.7 Å². The number of ether oxygens (including phenoxy) is 2. The molecule has 1 aromatic carbocycles. The summed E-state index contributed by atoms with van der Waals surface area (Å²) < 4.78 is 11.2. The molecule has 3 aliphatic rings. The zero-order valence-corrected chi connectivity index (χ0v) is 15.0. The van der Waals surface area contributed by atoms with Gasteiger partial charge in [-0.25, -0.2) is 0 Å². The Morgan fingerprint density at radius 1 is 1.32 bits per heavy atom. The van der Waals surface area contributed by atoms with Crippen LogP contribution >= 0.6 is 0 Å². The fourth-order valence-electron chi connectivity index (χ4n) is 5.21. The Hall–Kier alpha value is -1.75. The summed E-state index contributed by atoms with van der Waals surface area (Å²) in [5.41, 5.74) is 7.77. The summed E-state index contributed by atoms with van der Waals surface area (Å²) in [6, 6.07) is 8.58. The molecular weight excluding hydrogens is 314 g/mol. The summed E-state index contributed by atoms with van der Waals surface area (Å²) >= 11 is 0. The lowest BCUT2D eigenvalue weighted by Gasteiger charge is -2.57. The average Bonchev–Trinajstić information content (AvgIpc) is 3.29. The molecule has 0 aromatic heterocycles. The quantitative estimate of drug-likeness (QED) is 0.637. The topological polar surface area (TPSA) is 68.9 Å². The first-order chi connectivity index (χ1) is 12.2. The molecule has 1 aliphatic heterocycles. The molecule has 3 atom stereocenters. The van der Waals surface area contributed by atoms with Crippen molar-refractivity contribution in [2.75, 3.05) is 20.3 Å². The smallest absolute Gasteiger partial charge is 0.188 e. The number of guanidine groups is 1. The van der Waals surface area contributed by atoms with Crippen molar-refractivity contribution in [3.8, 4) is 5.75 Å². The highest BCUT2D eigenvalue weighted by atomic mass is 16.5. The maximum Gasteiger partial charge on any atom is 0.188 e. The molecule has 1 heterocycles. The first kappa shape index (κ1) is 16.7. The van der Waals surface area contributed by atoms with Gasteiger partial charge < -0.3 is 20.5 Å². The minimum Gasteiger partial charge on any atom is -0.497 e. The zero-order chi connectivity index (χ0) is 17.3. The van der Waals surface area contributed by atoms with Crippen LogP contribution in [-0.4, -0.2) is 38.4 Å². The lowest BCUT2D eigenvalue weighted by molar-refractivity contribution is -0.124. The van der Waals surface area contributed by atoms with Crippen LogP contribution in [0.5, 0.6) is 5.75 Å². The molecule has 0 bridgehead atoms. The molecule has 25 heavy (non-hydrogen) atoms. The molecular formula is C20H29N3O2. The molecule has 2 aliphatic carbocycles. The summed E-state index contributed by atoms with van der Waals surface area (Å²) in [7, 11) is 1.68. The lowest BCUT2D eigenvalue weighted by atomic mass is 9.54. The Bertz CT molecular complexity index is 622. The highest BCUT2D eigenvalue weighted by molar-refractivity contribution is 5.78. The molecule has 2 saturated carbocycles. The van der Waals surface area contributed by atoms with E-state index in [9.17, 15) is 0 Å². The number of fused-ring (bicyclic) bond motifs is 2. The number of hydrogen-bond donors (Lipinski definition) is 2. The monoisotopic (exact) mass is 343 g/mol. The van der Waals surface area contributed by atoms with Crippen LogP contribution < -0.4 is 15.8 Å². The molecule has 3 N–H and O–H groups in total. The largest absolute Gasteiger partial charge is 0.497 e. The summed E-state index contributed by atoms with van der Waals surface area (Å²) in [5.74, 6) is 2.09. The molecule has 5 nitrogen and oxygen atoms in total. The van der Waals surface area contributed by atoms with Crippen molar-refractivity contribution in [2.45, 2.75) is 50.7 Å². The average molecular weight is 343 g/mol. The number of methoxy groups -OCH3 is 1. The van der Waals surface area contributed by atoms with E-state index in [1.54, 1.807) is 7.11 Å². The molecule has 1 aromatic rings. The number of nitrogens with one attached hydrogen (secondary N) is 1. The van der Waals surface area contributed by atoms with E-state index in [2.05, 4.69) is 22.4 Å². The van der Waals surface area contributed by atoms with E-state index in [0.717, 1.165) is 25.2 Å². The van der Waals surface area contributed by atoms with Gasteiger partial charge in [-0.15, -0.1) is 0 Å². The van der Waals surface area contributed by atoms with Gasteiger partial charge in [0.05, 0.1) is 13.2 Å². The molecule has 4 rings (SSSR count). The van der Waals surface area contributed by atoms with E-state index in [-0.39, 0.29) is 0 Å². The van der Waals surface area contributed by atoms with Crippen LogP contribution in [0, 0.1) is 11.3 Å². The predicted molar refractivity (Wildman–Crippen MR) is 98.9 cm³/mol. The van der Waals surface area contributed by atoms with Gasteiger partial charge >= 0.3 is 0 Å². The second-order valence-electron chi connectivity index (χ2n) is 7.67. The highest BCUT2D eigenvalue weighted by Crippen LogP contribution is 2.60. The SMILES string of the molecule is COc1ccc(CCN=C(N)NC2C3CCOC3C23CCCC3)cc1. The zero-order valence-electron chi connectivity index (χ0n) is 15.0. The van der Waals surface area contributed by atoms with Crippen molar-refractivity contribution < 1.29 is 9.47 Å². The van der Waals surface area contributed by atoms with Crippen LogP contribution in [0.4, 0.5) is 0 Å². The Labute approximate surface area is 150 Å². The van der Waals surface area contributed by atoms with Crippen LogP contribution in [0.15, 0.2) is 29.3 Å². The number of benzene rings is 1. The molecule has 0 radical (unpaired) electrons. The number of hydrogen-bond acceptors (Lipinski definition) is 3. The lowest BCUT2D eigenvalue weighted by Crippen LogP contribution is -2.69. The summed E-state index contributed by atoms with van der Waals surface area (Å²) in [5, 5.41) is 3.55. The van der Waals surface area contributed by atoms with Gasteiger partial charge in [0.2, 0.25) is 0 Å². The summed E-state index contributed by atoms with van der Waals surface area (Å²) in [6.45, 7) is 1.61. The van der Waals surface area contributed by atoms with Crippen molar-refractivity contribution in [1.29, 1.82) is 0 Å². The van der Waals surface area contributed by atoms with Crippen molar-refractivity contribution in [3.05, 3.63) is 29.8 Å². The molecule has 5 heteroatoms. The Morgan fingerprint density at radius 3 is 2.80 bits per heavy atom. The minimum atomic E-state index is 0.317. The fourth-order valence-corrected chi connectivity index (χ4v) is 5.21. The molecule has 1 spiro atoms. The third-order valence-electron chi connectivity index (χ3n) is 6.43. The molecule has 136 valence electrons. The number of rotatable bonds is 5. The van der Waals surface area contributed by atoms with E-state index >= 15 is 0 Å². The van der Waals surface area contributed by atoms with Gasteiger partial charge in [-0.1, -0.05) is 25.0 Å². The Kier molecular flexibility index (Phi) is 4.59. The van der Waals surface area contributed by atoms with Crippen LogP contribution in [-0.2, 0) is 11.2 Å². The van der Waals surface area contributed by atoms with Gasteiger partial charge in [0.25, 0.3) is 0 Å². The first-order valence-corrected chi connectivity index (χ1v) is 9.54. The number of nitrogens with two attached hydrogens (primary N) is 1. The Balaban J connectivity index is 1.33. The van der Waals surface area contributed by atoms with Crippen LogP contribution in [0.2, 0.25) is 0 Å². The van der Waals surface area contributed by atoms with Crippen molar-refractivity contribution in [3.63, 3.8) is 0 Å². The van der Waals surface area contributed by atoms with E-state index < -0.39 is 0 Å². The molecule has 3 fully saturated rings. The van der Waals surface area contributed by atoms with E-state index in [1.807, 2.05) is 12.1 Å². The molecule has 1 saturated heterocycles. The second kappa shape index (κ2) is 6.87. The summed E-state index contributed by atoms with van der Waals surface area (Å²) in [4.78, 5) is 4.56.